The van der Waals surface area contributed by atoms with Crippen LogP contribution in [0.15, 0.2) is 18.2 Å². The van der Waals surface area contributed by atoms with E-state index in [0.29, 0.717) is 5.92 Å². The Kier molecular flexibility index (Phi) is 3.24. The predicted molar refractivity (Wildman–Crippen MR) is 58.3 cm³/mol. The number of hydrogen-bond donors (Lipinski definition) is 1. The number of phenols is 1. The van der Waals surface area contributed by atoms with Crippen molar-refractivity contribution in [3.05, 3.63) is 29.6 Å². The van der Waals surface area contributed by atoms with Crippen molar-refractivity contribution in [2.45, 2.75) is 38.5 Å². The van der Waals surface area contributed by atoms with Crippen molar-refractivity contribution in [1.82, 2.24) is 0 Å². The van der Waals surface area contributed by atoms with Gasteiger partial charge in [-0.1, -0.05) is 32.1 Å². The number of hydrogen-bond acceptors (Lipinski definition) is 1. The molecule has 2 rings (SSSR count). The molecule has 1 aromatic rings. The molecule has 0 aliphatic heterocycles. The third-order valence-corrected chi connectivity index (χ3v) is 3.19. The average Bonchev–Trinajstić information content (AvgIpc) is 2.17. The maximum absolute atomic E-state index is 13.0. The van der Waals surface area contributed by atoms with Crippen molar-refractivity contribution < 1.29 is 9.50 Å². The topological polar surface area (TPSA) is 20.2 Å². The van der Waals surface area contributed by atoms with E-state index >= 15 is 0 Å². The van der Waals surface area contributed by atoms with E-state index in [1.807, 2.05) is 0 Å². The Morgan fingerprint density at radius 3 is 2.53 bits per heavy atom. The van der Waals surface area contributed by atoms with Crippen LogP contribution in [0.3, 0.4) is 0 Å². The van der Waals surface area contributed by atoms with E-state index in [4.69, 9.17) is 0 Å². The Morgan fingerprint density at radius 1 is 1.13 bits per heavy atom. The fourth-order valence-electron chi connectivity index (χ4n) is 2.48. The van der Waals surface area contributed by atoms with Crippen LogP contribution in [0.25, 0.3) is 0 Å². The zero-order valence-electron chi connectivity index (χ0n) is 8.88. The first kappa shape index (κ1) is 10.5. The first-order chi connectivity index (χ1) is 7.24. The fourth-order valence-corrected chi connectivity index (χ4v) is 2.48. The minimum absolute atomic E-state index is 0.0424. The highest BCUT2D eigenvalue weighted by atomic mass is 19.1. The molecule has 2 heteroatoms. The zero-order valence-corrected chi connectivity index (χ0v) is 8.88. The molecule has 1 fully saturated rings. The van der Waals surface area contributed by atoms with E-state index in [1.54, 1.807) is 6.07 Å². The van der Waals surface area contributed by atoms with Crippen LogP contribution < -0.4 is 0 Å². The number of aromatic hydroxyl groups is 1. The van der Waals surface area contributed by atoms with E-state index in [0.717, 1.165) is 18.1 Å². The molecule has 1 nitrogen and oxygen atoms in total. The second-order valence-electron chi connectivity index (χ2n) is 4.53. The maximum atomic E-state index is 13.0. The van der Waals surface area contributed by atoms with E-state index in [-0.39, 0.29) is 11.6 Å². The van der Waals surface area contributed by atoms with Gasteiger partial charge in [-0.25, -0.2) is 4.39 Å². The molecule has 1 aromatic carbocycles. The van der Waals surface area contributed by atoms with Gasteiger partial charge in [-0.3, -0.25) is 0 Å². The quantitative estimate of drug-likeness (QED) is 0.786. The van der Waals surface area contributed by atoms with Gasteiger partial charge >= 0.3 is 0 Å². The summed E-state index contributed by atoms with van der Waals surface area (Å²) < 4.78 is 13.0. The standard InChI is InChI=1S/C13H17FO/c14-12-7-11(8-13(15)9-12)6-10-4-2-1-3-5-10/h7-10,15H,1-6H2. The second kappa shape index (κ2) is 4.65. The Labute approximate surface area is 89.9 Å². The molecule has 0 aromatic heterocycles. The highest BCUT2D eigenvalue weighted by molar-refractivity contribution is 5.28. The summed E-state index contributed by atoms with van der Waals surface area (Å²) in [5, 5.41) is 9.28. The SMILES string of the molecule is Oc1cc(F)cc(CC2CCCCC2)c1. The monoisotopic (exact) mass is 208 g/mol. The second-order valence-corrected chi connectivity index (χ2v) is 4.53. The minimum Gasteiger partial charge on any atom is -0.508 e. The van der Waals surface area contributed by atoms with E-state index in [9.17, 15) is 9.50 Å². The molecule has 0 saturated heterocycles. The van der Waals surface area contributed by atoms with Gasteiger partial charge in [0, 0.05) is 6.07 Å². The zero-order chi connectivity index (χ0) is 10.7. The van der Waals surface area contributed by atoms with Crippen molar-refractivity contribution >= 4 is 0 Å². The Hall–Kier alpha value is -1.05. The number of rotatable bonds is 2. The number of halogens is 1. The molecule has 0 unspecified atom stereocenters. The van der Waals surface area contributed by atoms with Gasteiger partial charge in [-0.15, -0.1) is 0 Å². The van der Waals surface area contributed by atoms with Crippen LogP contribution in [-0.4, -0.2) is 5.11 Å². The summed E-state index contributed by atoms with van der Waals surface area (Å²) >= 11 is 0. The summed E-state index contributed by atoms with van der Waals surface area (Å²) in [5.41, 5.74) is 0.930. The molecule has 0 atom stereocenters. The highest BCUT2D eigenvalue weighted by Gasteiger charge is 2.14. The van der Waals surface area contributed by atoms with Crippen molar-refractivity contribution in [2.24, 2.45) is 5.92 Å². The van der Waals surface area contributed by atoms with Gasteiger partial charge in [0.05, 0.1) is 0 Å². The smallest absolute Gasteiger partial charge is 0.127 e. The summed E-state index contributed by atoms with van der Waals surface area (Å²) in [6.07, 6.45) is 7.34. The lowest BCUT2D eigenvalue weighted by molar-refractivity contribution is 0.355. The van der Waals surface area contributed by atoms with E-state index in [1.165, 1.54) is 38.2 Å². The van der Waals surface area contributed by atoms with E-state index < -0.39 is 0 Å². The third-order valence-electron chi connectivity index (χ3n) is 3.19. The predicted octanol–water partition coefficient (Wildman–Crippen LogP) is 3.65. The summed E-state index contributed by atoms with van der Waals surface area (Å²) in [6.45, 7) is 0. The van der Waals surface area contributed by atoms with E-state index in [2.05, 4.69) is 0 Å². The molecule has 1 N–H and O–H groups in total. The van der Waals surface area contributed by atoms with Crippen molar-refractivity contribution in [2.75, 3.05) is 0 Å². The van der Waals surface area contributed by atoms with Gasteiger partial charge < -0.3 is 5.11 Å². The molecule has 1 aliphatic rings. The molecule has 0 bridgehead atoms. The minimum atomic E-state index is -0.333. The van der Waals surface area contributed by atoms with Gasteiger partial charge in [0.15, 0.2) is 0 Å². The molecule has 0 heterocycles. The molecule has 0 spiro atoms. The summed E-state index contributed by atoms with van der Waals surface area (Å²) in [5.74, 6) is 0.390. The fraction of sp³-hybridized carbons (Fsp3) is 0.538. The van der Waals surface area contributed by atoms with Crippen molar-refractivity contribution in [1.29, 1.82) is 0 Å². The molecular weight excluding hydrogens is 191 g/mol. The van der Waals surface area contributed by atoms with Gasteiger partial charge in [0.2, 0.25) is 0 Å². The van der Waals surface area contributed by atoms with Crippen LogP contribution in [0.4, 0.5) is 4.39 Å². The summed E-state index contributed by atoms with van der Waals surface area (Å²) in [6, 6.07) is 4.37. The lowest BCUT2D eigenvalue weighted by Gasteiger charge is -2.21. The van der Waals surface area contributed by atoms with Crippen LogP contribution >= 0.6 is 0 Å². The van der Waals surface area contributed by atoms with Crippen LogP contribution in [0.1, 0.15) is 37.7 Å². The van der Waals surface area contributed by atoms with Gasteiger partial charge in [-0.2, -0.15) is 0 Å². The van der Waals surface area contributed by atoms with Crippen LogP contribution in [0, 0.1) is 11.7 Å². The Bertz CT molecular complexity index is 309. The van der Waals surface area contributed by atoms with Gasteiger partial charge in [0.25, 0.3) is 0 Å². The molecule has 0 radical (unpaired) electrons. The highest BCUT2D eigenvalue weighted by Crippen LogP contribution is 2.28. The van der Waals surface area contributed by atoms with Crippen LogP contribution in [0.5, 0.6) is 5.75 Å². The van der Waals surface area contributed by atoms with Gasteiger partial charge in [0.1, 0.15) is 11.6 Å². The first-order valence-corrected chi connectivity index (χ1v) is 5.72. The third kappa shape index (κ3) is 2.95. The normalized spacial score (nSPS) is 17.9. The molecular formula is C13H17FO. The van der Waals surface area contributed by atoms with Crippen LogP contribution in [-0.2, 0) is 6.42 Å². The first-order valence-electron chi connectivity index (χ1n) is 5.72. The molecule has 0 amide bonds. The van der Waals surface area contributed by atoms with Crippen molar-refractivity contribution in [3.63, 3.8) is 0 Å². The van der Waals surface area contributed by atoms with Crippen LogP contribution in [0.2, 0.25) is 0 Å². The molecule has 82 valence electrons. The number of phenolic OH excluding ortho intramolecular Hbond substituents is 1. The maximum Gasteiger partial charge on any atom is 0.127 e. The summed E-state index contributed by atoms with van der Waals surface area (Å²) in [4.78, 5) is 0. The molecule has 1 aliphatic carbocycles. The van der Waals surface area contributed by atoms with Crippen molar-refractivity contribution in [3.8, 4) is 5.75 Å². The average molecular weight is 208 g/mol. The number of benzene rings is 1. The lowest BCUT2D eigenvalue weighted by Crippen LogP contribution is -2.09. The molecule has 15 heavy (non-hydrogen) atoms. The molecule has 1 saturated carbocycles. The Balaban J connectivity index is 2.02. The summed E-state index contributed by atoms with van der Waals surface area (Å²) in [7, 11) is 0. The lowest BCUT2D eigenvalue weighted by atomic mass is 9.85. The Morgan fingerprint density at radius 2 is 1.87 bits per heavy atom. The largest absolute Gasteiger partial charge is 0.508 e. The van der Waals surface area contributed by atoms with Gasteiger partial charge in [-0.05, 0) is 30.0 Å².